The van der Waals surface area contributed by atoms with E-state index in [0.717, 1.165) is 51.9 Å². The van der Waals surface area contributed by atoms with Gasteiger partial charge in [-0.15, -0.1) is 0 Å². The third kappa shape index (κ3) is 6.35. The Morgan fingerprint density at radius 1 is 1.23 bits per heavy atom. The van der Waals surface area contributed by atoms with Crippen LogP contribution in [-0.2, 0) is 22.6 Å². The molecule has 1 aromatic rings. The molecule has 0 bridgehead atoms. The molecule has 9 nitrogen and oxygen atoms in total. The molecule has 1 aliphatic carbocycles. The van der Waals surface area contributed by atoms with Crippen molar-refractivity contribution in [3.05, 3.63) is 47.3 Å². The minimum atomic E-state index is -0.683. The first-order valence-corrected chi connectivity index (χ1v) is 12.4. The first-order valence-electron chi connectivity index (χ1n) is 12.4. The summed E-state index contributed by atoms with van der Waals surface area (Å²) in [6.07, 6.45) is 4.43. The highest BCUT2D eigenvalue weighted by atomic mass is 16.3. The number of likely N-dealkylation sites (tertiary alicyclic amines) is 1. The lowest BCUT2D eigenvalue weighted by Crippen LogP contribution is -2.52. The number of fused-ring (bicyclic) bond motifs is 1. The largest absolute Gasteiger partial charge is 0.390 e. The van der Waals surface area contributed by atoms with Crippen molar-refractivity contribution in [3.8, 4) is 0 Å². The highest BCUT2D eigenvalue weighted by molar-refractivity contribution is 6.43. The van der Waals surface area contributed by atoms with Gasteiger partial charge in [-0.05, 0) is 43.5 Å². The van der Waals surface area contributed by atoms with Crippen LogP contribution in [0.4, 0.5) is 0 Å². The van der Waals surface area contributed by atoms with Gasteiger partial charge < -0.3 is 20.6 Å². The van der Waals surface area contributed by atoms with Crippen molar-refractivity contribution in [1.29, 1.82) is 0 Å². The van der Waals surface area contributed by atoms with E-state index in [9.17, 15) is 14.7 Å². The number of aliphatic imine (C=N–C) groups is 2. The van der Waals surface area contributed by atoms with Crippen LogP contribution in [0.3, 0.4) is 0 Å². The molecule has 35 heavy (non-hydrogen) atoms. The summed E-state index contributed by atoms with van der Waals surface area (Å²) in [5.41, 5.74) is 2.86. The summed E-state index contributed by atoms with van der Waals surface area (Å²) >= 11 is 0. The van der Waals surface area contributed by atoms with Gasteiger partial charge in [0.25, 0.3) is 5.91 Å². The maximum atomic E-state index is 12.7. The van der Waals surface area contributed by atoms with Gasteiger partial charge in [-0.2, -0.15) is 0 Å². The van der Waals surface area contributed by atoms with E-state index in [4.69, 9.17) is 0 Å². The topological polar surface area (TPSA) is 110 Å². The maximum absolute atomic E-state index is 12.7. The number of benzene rings is 1. The van der Waals surface area contributed by atoms with Gasteiger partial charge in [-0.3, -0.25) is 19.5 Å². The van der Waals surface area contributed by atoms with Crippen LogP contribution in [0.25, 0.3) is 0 Å². The second-order valence-corrected chi connectivity index (χ2v) is 9.60. The summed E-state index contributed by atoms with van der Waals surface area (Å²) < 4.78 is 0. The molecule has 0 aromatic heterocycles. The first-order chi connectivity index (χ1) is 17.0. The van der Waals surface area contributed by atoms with Crippen LogP contribution in [-0.4, -0.2) is 91.1 Å². The zero-order valence-electron chi connectivity index (χ0n) is 20.4. The molecule has 1 aromatic carbocycles. The van der Waals surface area contributed by atoms with Gasteiger partial charge in [0.2, 0.25) is 5.91 Å². The number of amides is 2. The monoisotopic (exact) mass is 480 g/mol. The highest BCUT2D eigenvalue weighted by Crippen LogP contribution is 2.31. The van der Waals surface area contributed by atoms with Crippen molar-refractivity contribution in [2.75, 3.05) is 39.8 Å². The van der Waals surface area contributed by atoms with E-state index in [-0.39, 0.29) is 36.0 Å². The molecule has 0 unspecified atom stereocenters. The molecule has 1 saturated carbocycles. The Balaban J connectivity index is 1.21. The van der Waals surface area contributed by atoms with Crippen LogP contribution in [0.1, 0.15) is 30.4 Å². The maximum Gasteiger partial charge on any atom is 0.269 e. The number of β-amino-alcohol motifs (C(OH)–C–C–N with tert-alkyl or cyclic N) is 1. The van der Waals surface area contributed by atoms with E-state index in [1.807, 2.05) is 11.0 Å². The quantitative estimate of drug-likeness (QED) is 0.428. The number of rotatable bonds is 10. The number of carbonyl (C=O) groups is 2. The van der Waals surface area contributed by atoms with E-state index >= 15 is 0 Å². The molecular weight excluding hydrogens is 444 g/mol. The lowest BCUT2D eigenvalue weighted by atomic mass is 9.79. The molecule has 0 spiro atoms. The van der Waals surface area contributed by atoms with Crippen molar-refractivity contribution in [1.82, 2.24) is 20.4 Å². The fraction of sp³-hybridized carbons (Fsp3) is 0.538. The molecule has 9 heteroatoms. The first kappa shape index (κ1) is 25.1. The average molecular weight is 481 g/mol. The summed E-state index contributed by atoms with van der Waals surface area (Å²) in [7, 11) is 1.54. The van der Waals surface area contributed by atoms with Crippen LogP contribution >= 0.6 is 0 Å². The molecule has 2 aliphatic heterocycles. The minimum Gasteiger partial charge on any atom is -0.390 e. The van der Waals surface area contributed by atoms with E-state index in [1.54, 1.807) is 13.1 Å². The molecule has 3 N–H and O–H groups in total. The smallest absolute Gasteiger partial charge is 0.269 e. The molecule has 188 valence electrons. The molecule has 1 saturated heterocycles. The third-order valence-corrected chi connectivity index (χ3v) is 7.10. The van der Waals surface area contributed by atoms with Crippen molar-refractivity contribution in [2.45, 2.75) is 44.4 Å². The Kier molecular flexibility index (Phi) is 8.30. The lowest BCUT2D eigenvalue weighted by molar-refractivity contribution is -0.142. The van der Waals surface area contributed by atoms with Gasteiger partial charge in [-0.25, -0.2) is 4.99 Å². The number of aliphatic hydroxyl groups is 1. The van der Waals surface area contributed by atoms with Crippen molar-refractivity contribution >= 4 is 24.2 Å². The Morgan fingerprint density at radius 2 is 1.97 bits per heavy atom. The van der Waals surface area contributed by atoms with E-state index in [1.165, 1.54) is 11.1 Å². The van der Waals surface area contributed by atoms with Crippen molar-refractivity contribution in [3.63, 3.8) is 0 Å². The zero-order valence-corrected chi connectivity index (χ0v) is 20.4. The summed E-state index contributed by atoms with van der Waals surface area (Å²) in [4.78, 5) is 37.1. The van der Waals surface area contributed by atoms with E-state index in [2.05, 4.69) is 50.4 Å². The molecule has 2 fully saturated rings. The number of nitrogens with zero attached hydrogens (tertiary/aromatic N) is 4. The summed E-state index contributed by atoms with van der Waals surface area (Å²) in [6.45, 7) is 7.65. The lowest BCUT2D eigenvalue weighted by Gasteiger charge is -2.41. The van der Waals surface area contributed by atoms with Gasteiger partial charge in [0.15, 0.2) is 0 Å². The van der Waals surface area contributed by atoms with Crippen molar-refractivity contribution < 1.29 is 14.7 Å². The van der Waals surface area contributed by atoms with Crippen LogP contribution in [0, 0.1) is 5.92 Å². The number of hydrogen-bond donors (Lipinski definition) is 3. The van der Waals surface area contributed by atoms with Gasteiger partial charge in [0.05, 0.1) is 6.10 Å². The number of hydrogen-bond acceptors (Lipinski definition) is 7. The van der Waals surface area contributed by atoms with Gasteiger partial charge >= 0.3 is 0 Å². The molecule has 2 heterocycles. The van der Waals surface area contributed by atoms with Gasteiger partial charge in [-0.1, -0.05) is 24.3 Å². The summed E-state index contributed by atoms with van der Waals surface area (Å²) in [6, 6.07) is 8.50. The molecule has 3 aliphatic rings. The zero-order chi connectivity index (χ0) is 24.8. The Labute approximate surface area is 207 Å². The van der Waals surface area contributed by atoms with E-state index < -0.39 is 6.10 Å². The molecule has 4 rings (SSSR count). The van der Waals surface area contributed by atoms with Crippen molar-refractivity contribution in [2.24, 2.45) is 15.9 Å². The van der Waals surface area contributed by atoms with Gasteiger partial charge in [0, 0.05) is 64.4 Å². The minimum absolute atomic E-state index is 0.0661. The summed E-state index contributed by atoms with van der Waals surface area (Å²) in [5.74, 6) is 0.385. The molecule has 2 amide bonds. The van der Waals surface area contributed by atoms with Crippen LogP contribution in [0.15, 0.2) is 46.1 Å². The predicted octanol–water partition coefficient (Wildman–Crippen LogP) is 0.735. The van der Waals surface area contributed by atoms with Gasteiger partial charge in [0.1, 0.15) is 11.5 Å². The Hall–Kier alpha value is -3.04. The van der Waals surface area contributed by atoms with Crippen LogP contribution in [0.2, 0.25) is 0 Å². The van der Waals surface area contributed by atoms with E-state index in [0.29, 0.717) is 12.4 Å². The highest BCUT2D eigenvalue weighted by Gasteiger charge is 2.38. The number of carbonyl (C=O) groups excluding carboxylic acids is 2. The molecule has 1 atom stereocenters. The molecular formula is C26H36N6O3. The van der Waals surface area contributed by atoms with Crippen LogP contribution in [0.5, 0.6) is 0 Å². The average Bonchev–Trinajstić information content (AvgIpc) is 2.80. The molecule has 0 radical (unpaired) electrons. The normalized spacial score (nSPS) is 23.4. The second kappa shape index (κ2) is 11.6. The fourth-order valence-electron chi connectivity index (χ4n) is 4.81. The Morgan fingerprint density at radius 3 is 2.63 bits per heavy atom. The predicted molar refractivity (Wildman–Crippen MR) is 136 cm³/mol. The number of nitrogens with one attached hydrogen (secondary N) is 2. The standard InChI is InChI=1S/C26H36N6O3/c1-27-23(14-24(28-2)30-21-12-20(13-21)26(35)32-9-5-10-32)25(34)29-15-22(33)17-31-11-8-18-6-3-4-7-19(18)16-31/h3-4,6-7,14,20-22,30,33H,2,5,8-13,15-17H2,1H3,(H,29,34)/b24-14+,27-23+/t20-,21+,22-/m0/s1. The SMILES string of the molecule is C=N/C(=C\C(=N/C)C(=O)NC[C@H](O)CN1CCc2ccccc2C1)N[C@H]1C[C@@H](C(=O)N2CCC2)C1. The van der Waals surface area contributed by atoms with Crippen LogP contribution < -0.4 is 10.6 Å². The fourth-order valence-corrected chi connectivity index (χ4v) is 4.81. The third-order valence-electron chi connectivity index (χ3n) is 7.10. The second-order valence-electron chi connectivity index (χ2n) is 9.60. The number of aliphatic hydroxyl groups excluding tert-OH is 1. The summed E-state index contributed by atoms with van der Waals surface area (Å²) in [5, 5.41) is 16.5. The Bertz CT molecular complexity index is 997.